The minimum absolute atomic E-state index is 0.0318. The van der Waals surface area contributed by atoms with E-state index in [-0.39, 0.29) is 23.6 Å². The summed E-state index contributed by atoms with van der Waals surface area (Å²) in [4.78, 5) is 53.8. The predicted molar refractivity (Wildman–Crippen MR) is 105 cm³/mol. The lowest BCUT2D eigenvalue weighted by atomic mass is 10.1. The number of ether oxygens (including phenoxy) is 3. The molecule has 0 aromatic carbocycles. The molecule has 188 valence electrons. The largest absolute Gasteiger partial charge is 0.481 e. The standard InChI is InChI=1S/C16H21FN5O11P/c1-2-31-14(27)16(3-7(23)24,34(28,29)30)32-4-6-9(25)10(26)13(33-6)22-5-19-8-11(18)20-15(17)21-12(8)22/h5-6,9-10,13,25-26H,2-4H2,1H3,(H,23,24)(H2,18,20,21)(H2,28,29,30)/t6-,9+,10-,13-,16-/m1/s1. The van der Waals surface area contributed by atoms with Gasteiger partial charge in [-0.3, -0.25) is 13.9 Å². The van der Waals surface area contributed by atoms with Gasteiger partial charge >= 0.3 is 25.6 Å². The van der Waals surface area contributed by atoms with Gasteiger partial charge in [0.05, 0.1) is 26.0 Å². The normalized spacial score (nSPS) is 24.8. The van der Waals surface area contributed by atoms with Crippen LogP contribution in [0.15, 0.2) is 6.33 Å². The number of hydrogen-bond donors (Lipinski definition) is 6. The summed E-state index contributed by atoms with van der Waals surface area (Å²) in [6.45, 7) is 0.0225. The molecule has 0 radical (unpaired) electrons. The van der Waals surface area contributed by atoms with Gasteiger partial charge in [0.1, 0.15) is 18.3 Å². The Morgan fingerprint density at radius 1 is 1.32 bits per heavy atom. The summed E-state index contributed by atoms with van der Waals surface area (Å²) >= 11 is 0. The van der Waals surface area contributed by atoms with Gasteiger partial charge in [0.2, 0.25) is 0 Å². The summed E-state index contributed by atoms with van der Waals surface area (Å²) in [6, 6.07) is 0. The number of anilines is 1. The smallest absolute Gasteiger partial charge is 0.369 e. The highest BCUT2D eigenvalue weighted by Gasteiger charge is 2.59. The molecule has 0 aliphatic carbocycles. The number of aromatic nitrogens is 4. The number of aliphatic hydroxyl groups excluding tert-OH is 2. The van der Waals surface area contributed by atoms with Gasteiger partial charge in [-0.2, -0.15) is 14.4 Å². The number of fused-ring (bicyclic) bond motifs is 1. The lowest BCUT2D eigenvalue weighted by molar-refractivity contribution is -0.174. The van der Waals surface area contributed by atoms with Crippen molar-refractivity contribution in [2.45, 2.75) is 43.2 Å². The van der Waals surface area contributed by atoms with Crippen molar-refractivity contribution >= 4 is 36.5 Å². The number of imidazole rings is 1. The second kappa shape index (κ2) is 9.46. The first kappa shape index (κ1) is 25.8. The molecule has 0 spiro atoms. The Balaban J connectivity index is 1.89. The number of carboxylic acids is 1. The van der Waals surface area contributed by atoms with Crippen molar-refractivity contribution in [3.05, 3.63) is 12.4 Å². The fourth-order valence-electron chi connectivity index (χ4n) is 3.35. The Morgan fingerprint density at radius 3 is 2.59 bits per heavy atom. The van der Waals surface area contributed by atoms with E-state index in [0.29, 0.717) is 0 Å². The summed E-state index contributed by atoms with van der Waals surface area (Å²) in [7, 11) is -5.61. The van der Waals surface area contributed by atoms with Crippen molar-refractivity contribution in [1.29, 1.82) is 0 Å². The molecule has 2 aromatic rings. The minimum Gasteiger partial charge on any atom is -0.481 e. The molecular weight excluding hydrogens is 488 g/mol. The van der Waals surface area contributed by atoms with Crippen LogP contribution in [0.5, 0.6) is 0 Å². The lowest BCUT2D eigenvalue weighted by Gasteiger charge is -2.31. The van der Waals surface area contributed by atoms with Crippen molar-refractivity contribution in [2.24, 2.45) is 0 Å². The molecule has 5 atom stereocenters. The fraction of sp³-hybridized carbons (Fsp3) is 0.562. The molecule has 1 aliphatic rings. The Hall–Kier alpha value is -2.79. The van der Waals surface area contributed by atoms with Crippen LogP contribution in [-0.2, 0) is 28.4 Å². The Morgan fingerprint density at radius 2 is 2.00 bits per heavy atom. The second-order valence-electron chi connectivity index (χ2n) is 7.18. The number of carbonyl (C=O) groups excluding carboxylic acids is 1. The molecule has 2 aromatic heterocycles. The highest BCUT2D eigenvalue weighted by molar-refractivity contribution is 7.54. The van der Waals surface area contributed by atoms with Crippen LogP contribution in [0.4, 0.5) is 10.2 Å². The molecule has 0 saturated carbocycles. The SMILES string of the molecule is CCOC(=O)[C@](CC(=O)O)(OC[C@H]1O[C@@H](n2cnc3c(N)nc(F)nc32)[C@H](O)[C@H]1O)P(=O)(O)O. The fourth-order valence-corrected chi connectivity index (χ4v) is 4.24. The summed E-state index contributed by atoms with van der Waals surface area (Å²) < 4.78 is 41.9. The number of rotatable bonds is 9. The zero-order valence-corrected chi connectivity index (χ0v) is 18.3. The second-order valence-corrected chi connectivity index (χ2v) is 8.99. The van der Waals surface area contributed by atoms with E-state index < -0.39 is 68.5 Å². The molecule has 3 rings (SSSR count). The first-order valence-corrected chi connectivity index (χ1v) is 11.2. The Labute approximate surface area is 189 Å². The first-order chi connectivity index (χ1) is 15.8. The molecule has 0 bridgehead atoms. The zero-order chi connectivity index (χ0) is 25.4. The molecule has 34 heavy (non-hydrogen) atoms. The monoisotopic (exact) mass is 509 g/mol. The molecule has 7 N–H and O–H groups in total. The number of hydrogen-bond acceptors (Lipinski definition) is 12. The van der Waals surface area contributed by atoms with Crippen LogP contribution < -0.4 is 5.73 Å². The van der Waals surface area contributed by atoms with E-state index in [0.717, 1.165) is 10.9 Å². The number of nitrogen functional groups attached to an aromatic ring is 1. The number of aliphatic carboxylic acids is 1. The van der Waals surface area contributed by atoms with Gasteiger partial charge in [0.15, 0.2) is 23.2 Å². The average Bonchev–Trinajstić information content (AvgIpc) is 3.26. The van der Waals surface area contributed by atoms with Crippen molar-refractivity contribution in [3.8, 4) is 0 Å². The highest BCUT2D eigenvalue weighted by atomic mass is 31.2. The summed E-state index contributed by atoms with van der Waals surface area (Å²) in [5.74, 6) is -3.73. The molecule has 3 heterocycles. The molecule has 0 amide bonds. The third kappa shape index (κ3) is 4.58. The van der Waals surface area contributed by atoms with E-state index in [2.05, 4.69) is 19.7 Å². The number of halogens is 1. The van der Waals surface area contributed by atoms with Crippen molar-refractivity contribution in [2.75, 3.05) is 18.9 Å². The number of esters is 1. The summed E-state index contributed by atoms with van der Waals surface area (Å²) in [6.07, 6.45) is -8.04. The van der Waals surface area contributed by atoms with Gasteiger partial charge < -0.3 is 45.1 Å². The number of nitrogens with two attached hydrogens (primary N) is 1. The maximum absolute atomic E-state index is 13.6. The summed E-state index contributed by atoms with van der Waals surface area (Å²) in [5, 5.41) is 26.7. The van der Waals surface area contributed by atoms with E-state index in [9.17, 15) is 38.5 Å². The average molecular weight is 509 g/mol. The van der Waals surface area contributed by atoms with Gasteiger partial charge in [0.25, 0.3) is 5.34 Å². The molecule has 18 heteroatoms. The third-order valence-electron chi connectivity index (χ3n) is 4.97. The lowest BCUT2D eigenvalue weighted by Crippen LogP contribution is -2.47. The maximum Gasteiger partial charge on any atom is 0.369 e. The van der Waals surface area contributed by atoms with Crippen molar-refractivity contribution in [3.63, 3.8) is 0 Å². The molecule has 1 saturated heterocycles. The van der Waals surface area contributed by atoms with Gasteiger partial charge in [-0.05, 0) is 6.92 Å². The van der Waals surface area contributed by atoms with Gasteiger partial charge in [-0.1, -0.05) is 0 Å². The van der Waals surface area contributed by atoms with Gasteiger partial charge in [-0.25, -0.2) is 9.78 Å². The Kier molecular flexibility index (Phi) is 7.18. The Bertz CT molecular complexity index is 1140. The van der Waals surface area contributed by atoms with E-state index >= 15 is 0 Å². The van der Waals surface area contributed by atoms with E-state index in [4.69, 9.17) is 20.3 Å². The number of carbonyl (C=O) groups is 2. The van der Waals surface area contributed by atoms with E-state index in [1.54, 1.807) is 0 Å². The predicted octanol–water partition coefficient (Wildman–Crippen LogP) is -1.90. The zero-order valence-electron chi connectivity index (χ0n) is 17.4. The number of carboxylic acid groups (broad SMARTS) is 1. The molecule has 1 aliphatic heterocycles. The van der Waals surface area contributed by atoms with Crippen LogP contribution in [0.1, 0.15) is 19.6 Å². The van der Waals surface area contributed by atoms with Crippen LogP contribution >= 0.6 is 7.60 Å². The summed E-state index contributed by atoms with van der Waals surface area (Å²) in [5.41, 5.74) is 5.36. The van der Waals surface area contributed by atoms with E-state index in [1.165, 1.54) is 6.92 Å². The minimum atomic E-state index is -5.61. The number of nitrogens with zero attached hydrogens (tertiary/aromatic N) is 4. The highest BCUT2D eigenvalue weighted by Crippen LogP contribution is 2.54. The van der Waals surface area contributed by atoms with Crippen LogP contribution in [-0.4, -0.2) is 93.4 Å². The topological polar surface area (TPSA) is 250 Å². The van der Waals surface area contributed by atoms with E-state index in [1.807, 2.05) is 0 Å². The number of aliphatic hydroxyl groups is 2. The van der Waals surface area contributed by atoms with Crippen molar-refractivity contribution in [1.82, 2.24) is 19.5 Å². The van der Waals surface area contributed by atoms with Gasteiger partial charge in [0, 0.05) is 0 Å². The third-order valence-corrected chi connectivity index (χ3v) is 6.39. The van der Waals surface area contributed by atoms with Gasteiger partial charge in [-0.15, -0.1) is 0 Å². The molecular formula is C16H21FN5O11P. The quantitative estimate of drug-likeness (QED) is 0.123. The van der Waals surface area contributed by atoms with Crippen LogP contribution in [0.25, 0.3) is 11.2 Å². The van der Waals surface area contributed by atoms with Crippen LogP contribution in [0, 0.1) is 6.08 Å². The molecule has 16 nitrogen and oxygen atoms in total. The van der Waals surface area contributed by atoms with Crippen molar-refractivity contribution < 1.29 is 57.9 Å². The molecule has 1 fully saturated rings. The first-order valence-electron chi connectivity index (χ1n) is 9.58. The maximum atomic E-state index is 13.6. The molecule has 0 unspecified atom stereocenters. The van der Waals surface area contributed by atoms with Crippen LogP contribution in [0.2, 0.25) is 0 Å². The van der Waals surface area contributed by atoms with Crippen LogP contribution in [0.3, 0.4) is 0 Å².